The summed E-state index contributed by atoms with van der Waals surface area (Å²) in [6.07, 6.45) is 6.06. The maximum Gasteiger partial charge on any atom is 0.245 e. The van der Waals surface area contributed by atoms with Crippen LogP contribution in [0, 0.1) is 5.82 Å². The number of carbonyl (C=O) groups excluding carboxylic acids is 1. The van der Waals surface area contributed by atoms with Crippen molar-refractivity contribution in [3.8, 4) is 11.3 Å². The first-order valence-electron chi connectivity index (χ1n) is 11.4. The molecule has 1 saturated heterocycles. The third-order valence-corrected chi connectivity index (χ3v) is 6.45. The summed E-state index contributed by atoms with van der Waals surface area (Å²) in [7, 11) is 4.23. The van der Waals surface area contributed by atoms with Crippen molar-refractivity contribution in [3.63, 3.8) is 0 Å². The van der Waals surface area contributed by atoms with Crippen LogP contribution in [-0.4, -0.2) is 89.8 Å². The molecule has 8 nitrogen and oxygen atoms in total. The predicted molar refractivity (Wildman–Crippen MR) is 122 cm³/mol. The summed E-state index contributed by atoms with van der Waals surface area (Å²) in [5, 5.41) is 11.5. The van der Waals surface area contributed by atoms with Crippen molar-refractivity contribution in [3.05, 3.63) is 36.3 Å². The second-order valence-electron chi connectivity index (χ2n) is 8.96. The lowest BCUT2D eigenvalue weighted by atomic mass is 9.90. The molecule has 0 bridgehead atoms. The van der Waals surface area contributed by atoms with E-state index in [1.165, 1.54) is 18.6 Å². The molecular formula is C23H32FN7O. The van der Waals surface area contributed by atoms with E-state index in [9.17, 15) is 9.18 Å². The molecular weight excluding hydrogens is 409 g/mol. The van der Waals surface area contributed by atoms with Gasteiger partial charge in [0, 0.05) is 43.8 Å². The molecule has 2 unspecified atom stereocenters. The molecule has 1 saturated carbocycles. The third-order valence-electron chi connectivity index (χ3n) is 6.45. The van der Waals surface area contributed by atoms with Crippen LogP contribution in [0.2, 0.25) is 0 Å². The van der Waals surface area contributed by atoms with Crippen LogP contribution in [0.4, 0.5) is 10.3 Å². The Labute approximate surface area is 188 Å². The number of hydrogen-bond donors (Lipinski definition) is 1. The van der Waals surface area contributed by atoms with Crippen LogP contribution in [0.15, 0.2) is 30.5 Å². The lowest BCUT2D eigenvalue weighted by Gasteiger charge is -2.36. The number of halogens is 1. The number of anilines is 1. The number of piperazine rings is 1. The van der Waals surface area contributed by atoms with Crippen LogP contribution in [-0.2, 0) is 4.79 Å². The molecule has 0 spiro atoms. The molecule has 2 heterocycles. The summed E-state index contributed by atoms with van der Waals surface area (Å²) in [4.78, 5) is 23.7. The van der Waals surface area contributed by atoms with Gasteiger partial charge >= 0.3 is 0 Å². The molecule has 1 amide bonds. The van der Waals surface area contributed by atoms with E-state index in [0.717, 1.165) is 51.0 Å². The Morgan fingerprint density at radius 3 is 2.62 bits per heavy atom. The number of amides is 1. The molecule has 2 atom stereocenters. The number of aromatic nitrogens is 3. The number of nitrogens with one attached hydrogen (secondary N) is 1. The van der Waals surface area contributed by atoms with E-state index in [1.54, 1.807) is 18.3 Å². The normalized spacial score (nSPS) is 22.2. The van der Waals surface area contributed by atoms with Gasteiger partial charge in [-0.2, -0.15) is 5.10 Å². The first-order valence-corrected chi connectivity index (χ1v) is 11.4. The fraction of sp³-hybridized carbons (Fsp3) is 0.565. The predicted octanol–water partition coefficient (Wildman–Crippen LogP) is 1.79. The van der Waals surface area contributed by atoms with Gasteiger partial charge < -0.3 is 15.1 Å². The second kappa shape index (κ2) is 10.3. The van der Waals surface area contributed by atoms with Crippen molar-refractivity contribution in [2.75, 3.05) is 51.7 Å². The summed E-state index contributed by atoms with van der Waals surface area (Å²) >= 11 is 0. The van der Waals surface area contributed by atoms with E-state index in [1.807, 2.05) is 0 Å². The van der Waals surface area contributed by atoms with Crippen molar-refractivity contribution in [1.82, 2.24) is 30.3 Å². The van der Waals surface area contributed by atoms with Gasteiger partial charge in [0.15, 0.2) is 0 Å². The van der Waals surface area contributed by atoms with Gasteiger partial charge in [0.2, 0.25) is 11.9 Å². The number of benzene rings is 1. The van der Waals surface area contributed by atoms with E-state index >= 15 is 0 Å². The minimum absolute atomic E-state index is 0.110. The fourth-order valence-electron chi connectivity index (χ4n) is 4.53. The van der Waals surface area contributed by atoms with Gasteiger partial charge in [0.05, 0.1) is 18.4 Å². The van der Waals surface area contributed by atoms with Crippen LogP contribution in [0.5, 0.6) is 0 Å². The zero-order chi connectivity index (χ0) is 22.5. The first-order chi connectivity index (χ1) is 15.5. The zero-order valence-corrected chi connectivity index (χ0v) is 18.9. The van der Waals surface area contributed by atoms with Crippen LogP contribution >= 0.6 is 0 Å². The standard InChI is InChI=1S/C23H32FN7O/c1-29(2)20-5-3-4-19(14-20)26-22(32)16-30-10-12-31(13-11-30)23-27-21(15-25-28-23)17-6-8-18(24)9-7-17/h6-9,15,19-20H,3-5,10-14,16H2,1-2H3,(H,26,32). The van der Waals surface area contributed by atoms with Gasteiger partial charge in [-0.15, -0.1) is 5.10 Å². The largest absolute Gasteiger partial charge is 0.352 e. The average Bonchev–Trinajstić information content (AvgIpc) is 2.80. The zero-order valence-electron chi connectivity index (χ0n) is 18.9. The minimum atomic E-state index is -0.280. The maximum absolute atomic E-state index is 13.2. The van der Waals surface area contributed by atoms with E-state index < -0.39 is 0 Å². The Hall–Kier alpha value is -2.65. The lowest BCUT2D eigenvalue weighted by molar-refractivity contribution is -0.123. The molecule has 2 aromatic rings. The third kappa shape index (κ3) is 5.77. The maximum atomic E-state index is 13.2. The molecule has 172 valence electrons. The van der Waals surface area contributed by atoms with Crippen LogP contribution in [0.3, 0.4) is 0 Å². The van der Waals surface area contributed by atoms with E-state index in [0.29, 0.717) is 24.2 Å². The highest BCUT2D eigenvalue weighted by molar-refractivity contribution is 5.78. The Morgan fingerprint density at radius 2 is 1.91 bits per heavy atom. The van der Waals surface area contributed by atoms with Gasteiger partial charge in [0.25, 0.3) is 0 Å². The fourth-order valence-corrected chi connectivity index (χ4v) is 4.53. The SMILES string of the molecule is CN(C)C1CCCC(NC(=O)CN2CCN(c3nncc(-c4ccc(F)cc4)n3)CC2)C1. The van der Waals surface area contributed by atoms with Crippen molar-refractivity contribution in [2.24, 2.45) is 0 Å². The molecule has 4 rings (SSSR count). The van der Waals surface area contributed by atoms with Gasteiger partial charge in [0.1, 0.15) is 5.82 Å². The Balaban J connectivity index is 1.27. The summed E-state index contributed by atoms with van der Waals surface area (Å²) in [6, 6.07) is 7.03. The van der Waals surface area contributed by atoms with E-state index in [4.69, 9.17) is 0 Å². The highest BCUT2D eigenvalue weighted by Gasteiger charge is 2.26. The van der Waals surface area contributed by atoms with Crippen molar-refractivity contribution in [1.29, 1.82) is 0 Å². The summed E-state index contributed by atoms with van der Waals surface area (Å²) in [6.45, 7) is 3.42. The average molecular weight is 442 g/mol. The number of hydrogen-bond acceptors (Lipinski definition) is 7. The summed E-state index contributed by atoms with van der Waals surface area (Å²) in [5.74, 6) is 0.393. The highest BCUT2D eigenvalue weighted by Crippen LogP contribution is 2.22. The topological polar surface area (TPSA) is 77.5 Å². The van der Waals surface area contributed by atoms with Crippen molar-refractivity contribution in [2.45, 2.75) is 37.8 Å². The van der Waals surface area contributed by atoms with Crippen LogP contribution < -0.4 is 10.2 Å². The van der Waals surface area contributed by atoms with Gasteiger partial charge in [-0.05, 0) is 64.0 Å². The molecule has 0 radical (unpaired) electrons. The van der Waals surface area contributed by atoms with Gasteiger partial charge in [-0.25, -0.2) is 9.37 Å². The number of nitrogens with zero attached hydrogens (tertiary/aromatic N) is 6. The summed E-state index contributed by atoms with van der Waals surface area (Å²) < 4.78 is 13.2. The summed E-state index contributed by atoms with van der Waals surface area (Å²) in [5.41, 5.74) is 1.47. The molecule has 1 aromatic carbocycles. The first kappa shape index (κ1) is 22.5. The lowest BCUT2D eigenvalue weighted by Crippen LogP contribution is -2.52. The Bertz CT molecular complexity index is 899. The number of carbonyl (C=O) groups is 1. The molecule has 1 aromatic heterocycles. The highest BCUT2D eigenvalue weighted by atomic mass is 19.1. The molecule has 2 fully saturated rings. The Kier molecular flexibility index (Phi) is 7.26. The van der Waals surface area contributed by atoms with E-state index in [-0.39, 0.29) is 17.8 Å². The molecule has 9 heteroatoms. The Morgan fingerprint density at radius 1 is 1.16 bits per heavy atom. The molecule has 2 aliphatic rings. The smallest absolute Gasteiger partial charge is 0.245 e. The molecule has 1 N–H and O–H groups in total. The van der Waals surface area contributed by atoms with Gasteiger partial charge in [-0.3, -0.25) is 9.69 Å². The molecule has 32 heavy (non-hydrogen) atoms. The second-order valence-corrected chi connectivity index (χ2v) is 8.96. The van der Waals surface area contributed by atoms with Crippen LogP contribution in [0.1, 0.15) is 25.7 Å². The van der Waals surface area contributed by atoms with Crippen molar-refractivity contribution >= 4 is 11.9 Å². The number of rotatable bonds is 6. The van der Waals surface area contributed by atoms with Gasteiger partial charge in [-0.1, -0.05) is 0 Å². The quantitative estimate of drug-likeness (QED) is 0.732. The minimum Gasteiger partial charge on any atom is -0.352 e. The molecule has 1 aliphatic heterocycles. The van der Waals surface area contributed by atoms with Crippen LogP contribution in [0.25, 0.3) is 11.3 Å². The van der Waals surface area contributed by atoms with Crippen molar-refractivity contribution < 1.29 is 9.18 Å². The molecule has 1 aliphatic carbocycles. The van der Waals surface area contributed by atoms with E-state index in [2.05, 4.69) is 49.3 Å². The monoisotopic (exact) mass is 441 g/mol.